The van der Waals surface area contributed by atoms with E-state index in [-0.39, 0.29) is 5.41 Å². The molecule has 11 heavy (non-hydrogen) atoms. The molecule has 0 atom stereocenters. The number of nitrogens with two attached hydrogens (primary N) is 1. The van der Waals surface area contributed by atoms with Gasteiger partial charge in [0.1, 0.15) is 0 Å². The van der Waals surface area contributed by atoms with Crippen molar-refractivity contribution < 1.29 is 0 Å². The molecule has 0 saturated carbocycles. The van der Waals surface area contributed by atoms with Crippen LogP contribution in [0.2, 0.25) is 0 Å². The first-order valence-electron chi connectivity index (χ1n) is 3.81. The van der Waals surface area contributed by atoms with Gasteiger partial charge in [-0.15, -0.1) is 0 Å². The van der Waals surface area contributed by atoms with Crippen molar-refractivity contribution in [3.63, 3.8) is 0 Å². The Morgan fingerprint density at radius 2 is 2.09 bits per heavy atom. The lowest BCUT2D eigenvalue weighted by Gasteiger charge is -2.22. The molecule has 1 aromatic rings. The second-order valence-corrected chi connectivity index (χ2v) is 4.30. The van der Waals surface area contributed by atoms with E-state index in [2.05, 4.69) is 31.5 Å². The fraction of sp³-hybridized carbons (Fsp3) is 0.556. The van der Waals surface area contributed by atoms with Gasteiger partial charge >= 0.3 is 0 Å². The lowest BCUT2D eigenvalue weighted by molar-refractivity contribution is 0.538. The fourth-order valence-corrected chi connectivity index (χ4v) is 2.20. The van der Waals surface area contributed by atoms with Crippen LogP contribution < -0.4 is 5.73 Å². The summed E-state index contributed by atoms with van der Waals surface area (Å²) in [5.74, 6) is 0. The second kappa shape index (κ2) is 2.95. The minimum Gasteiger partial charge on any atom is -0.330 e. The molecule has 0 saturated heterocycles. The smallest absolute Gasteiger partial charge is 0.00299 e. The Bertz CT molecular complexity index is 237. The lowest BCUT2D eigenvalue weighted by atomic mass is 9.85. The van der Waals surface area contributed by atoms with Crippen molar-refractivity contribution >= 4 is 11.3 Å². The maximum absolute atomic E-state index is 5.67. The summed E-state index contributed by atoms with van der Waals surface area (Å²) in [4.78, 5) is 0. The van der Waals surface area contributed by atoms with E-state index in [9.17, 15) is 0 Å². The lowest BCUT2D eigenvalue weighted by Crippen LogP contribution is -2.28. The van der Waals surface area contributed by atoms with Gasteiger partial charge in [0.2, 0.25) is 0 Å². The van der Waals surface area contributed by atoms with Gasteiger partial charge < -0.3 is 5.73 Å². The third kappa shape index (κ3) is 1.63. The zero-order valence-electron chi connectivity index (χ0n) is 7.35. The summed E-state index contributed by atoms with van der Waals surface area (Å²) < 4.78 is 0. The second-order valence-electron chi connectivity index (χ2n) is 3.56. The minimum atomic E-state index is 0.143. The molecule has 1 rings (SSSR count). The molecule has 0 amide bonds. The van der Waals surface area contributed by atoms with E-state index in [0.717, 1.165) is 0 Å². The Kier molecular flexibility index (Phi) is 2.35. The minimum absolute atomic E-state index is 0.143. The predicted octanol–water partition coefficient (Wildman–Crippen LogP) is 2.29. The highest BCUT2D eigenvalue weighted by Crippen LogP contribution is 2.27. The number of hydrogen-bond donors (Lipinski definition) is 1. The highest BCUT2D eigenvalue weighted by molar-refractivity contribution is 7.08. The molecule has 0 spiro atoms. The highest BCUT2D eigenvalue weighted by atomic mass is 32.1. The first-order valence-corrected chi connectivity index (χ1v) is 4.75. The summed E-state index contributed by atoms with van der Waals surface area (Å²) in [6.07, 6.45) is 0. The average Bonchev–Trinajstić information content (AvgIpc) is 2.36. The van der Waals surface area contributed by atoms with E-state index in [1.807, 2.05) is 0 Å². The van der Waals surface area contributed by atoms with Crippen LogP contribution in [0.25, 0.3) is 0 Å². The van der Waals surface area contributed by atoms with Crippen molar-refractivity contribution in [2.45, 2.75) is 26.2 Å². The van der Waals surface area contributed by atoms with Gasteiger partial charge in [-0.25, -0.2) is 0 Å². The molecular formula is C9H15NS. The Morgan fingerprint density at radius 3 is 2.45 bits per heavy atom. The van der Waals surface area contributed by atoms with Crippen LogP contribution in [0, 0.1) is 6.92 Å². The molecule has 2 N–H and O–H groups in total. The van der Waals surface area contributed by atoms with Crippen molar-refractivity contribution in [2.24, 2.45) is 5.73 Å². The molecule has 0 aliphatic rings. The predicted molar refractivity (Wildman–Crippen MR) is 51.1 cm³/mol. The topological polar surface area (TPSA) is 26.0 Å². The SMILES string of the molecule is Cc1cscc1C(C)(C)CN. The van der Waals surface area contributed by atoms with Gasteiger partial charge in [-0.2, -0.15) is 11.3 Å². The average molecular weight is 169 g/mol. The zero-order chi connectivity index (χ0) is 8.48. The Morgan fingerprint density at radius 1 is 1.45 bits per heavy atom. The molecular weight excluding hydrogens is 154 g/mol. The standard InChI is InChI=1S/C9H15NS/c1-7-4-11-5-8(7)9(2,3)6-10/h4-5H,6,10H2,1-3H3. The molecule has 0 unspecified atom stereocenters. The molecule has 2 heteroatoms. The quantitative estimate of drug-likeness (QED) is 0.722. The molecule has 62 valence electrons. The van der Waals surface area contributed by atoms with E-state index in [1.165, 1.54) is 11.1 Å². The van der Waals surface area contributed by atoms with Gasteiger partial charge in [-0.05, 0) is 28.8 Å². The van der Waals surface area contributed by atoms with Crippen molar-refractivity contribution in [1.29, 1.82) is 0 Å². The number of thiophene rings is 1. The van der Waals surface area contributed by atoms with E-state index < -0.39 is 0 Å². The van der Waals surface area contributed by atoms with E-state index in [1.54, 1.807) is 11.3 Å². The summed E-state index contributed by atoms with van der Waals surface area (Å²) in [6.45, 7) is 7.22. The molecule has 0 aromatic carbocycles. The van der Waals surface area contributed by atoms with Gasteiger partial charge in [-0.3, -0.25) is 0 Å². The molecule has 0 aliphatic carbocycles. The van der Waals surface area contributed by atoms with Crippen LogP contribution >= 0.6 is 11.3 Å². The summed E-state index contributed by atoms with van der Waals surface area (Å²) in [7, 11) is 0. The van der Waals surface area contributed by atoms with Gasteiger partial charge in [0.05, 0.1) is 0 Å². The molecule has 0 bridgehead atoms. The van der Waals surface area contributed by atoms with Crippen LogP contribution in [-0.4, -0.2) is 6.54 Å². The Labute approximate surface area is 72.2 Å². The Balaban J connectivity index is 3.00. The fourth-order valence-electron chi connectivity index (χ4n) is 1.16. The van der Waals surface area contributed by atoms with Crippen molar-refractivity contribution in [1.82, 2.24) is 0 Å². The van der Waals surface area contributed by atoms with E-state index in [4.69, 9.17) is 5.73 Å². The monoisotopic (exact) mass is 169 g/mol. The molecule has 1 heterocycles. The zero-order valence-corrected chi connectivity index (χ0v) is 8.16. The number of hydrogen-bond acceptors (Lipinski definition) is 2. The first kappa shape index (κ1) is 8.75. The molecule has 0 aliphatic heterocycles. The number of rotatable bonds is 2. The number of aryl methyl sites for hydroxylation is 1. The maximum Gasteiger partial charge on any atom is 0.00299 e. The normalized spacial score (nSPS) is 12.0. The first-order chi connectivity index (χ1) is 5.08. The Hall–Kier alpha value is -0.340. The van der Waals surface area contributed by atoms with Crippen molar-refractivity contribution in [2.75, 3.05) is 6.54 Å². The van der Waals surface area contributed by atoms with Crippen molar-refractivity contribution in [3.05, 3.63) is 21.9 Å². The van der Waals surface area contributed by atoms with E-state index >= 15 is 0 Å². The summed E-state index contributed by atoms with van der Waals surface area (Å²) in [6, 6.07) is 0. The van der Waals surface area contributed by atoms with Gasteiger partial charge in [0.15, 0.2) is 0 Å². The van der Waals surface area contributed by atoms with Gasteiger partial charge in [0.25, 0.3) is 0 Å². The molecule has 0 fully saturated rings. The van der Waals surface area contributed by atoms with Crippen molar-refractivity contribution in [3.8, 4) is 0 Å². The van der Waals surface area contributed by atoms with Crippen LogP contribution in [0.3, 0.4) is 0 Å². The van der Waals surface area contributed by atoms with Crippen LogP contribution in [0.15, 0.2) is 10.8 Å². The van der Waals surface area contributed by atoms with Crippen LogP contribution in [0.1, 0.15) is 25.0 Å². The van der Waals surface area contributed by atoms with E-state index in [0.29, 0.717) is 6.54 Å². The van der Waals surface area contributed by atoms with Crippen LogP contribution in [-0.2, 0) is 5.41 Å². The third-order valence-electron chi connectivity index (χ3n) is 2.09. The molecule has 0 radical (unpaired) electrons. The molecule has 1 nitrogen and oxygen atoms in total. The van der Waals surface area contributed by atoms with Gasteiger partial charge in [-0.1, -0.05) is 13.8 Å². The molecule has 1 aromatic heterocycles. The largest absolute Gasteiger partial charge is 0.330 e. The third-order valence-corrected chi connectivity index (χ3v) is 2.96. The summed E-state index contributed by atoms with van der Waals surface area (Å²) in [5.41, 5.74) is 8.57. The van der Waals surface area contributed by atoms with Gasteiger partial charge in [0, 0.05) is 12.0 Å². The highest BCUT2D eigenvalue weighted by Gasteiger charge is 2.20. The van der Waals surface area contributed by atoms with Crippen LogP contribution in [0.4, 0.5) is 0 Å². The maximum atomic E-state index is 5.67. The van der Waals surface area contributed by atoms with Crippen LogP contribution in [0.5, 0.6) is 0 Å². The summed E-state index contributed by atoms with van der Waals surface area (Å²) >= 11 is 1.75. The summed E-state index contributed by atoms with van der Waals surface area (Å²) in [5, 5.41) is 4.37.